The van der Waals surface area contributed by atoms with Crippen LogP contribution in [0.25, 0.3) is 5.82 Å². The summed E-state index contributed by atoms with van der Waals surface area (Å²) in [7, 11) is 0. The molecule has 1 saturated carbocycles. The molecule has 2 aromatic rings. The van der Waals surface area contributed by atoms with Gasteiger partial charge in [0.25, 0.3) is 0 Å². The lowest BCUT2D eigenvalue weighted by atomic mass is 9.85. The van der Waals surface area contributed by atoms with Crippen molar-refractivity contribution in [3.05, 3.63) is 36.0 Å². The van der Waals surface area contributed by atoms with Crippen molar-refractivity contribution in [2.75, 3.05) is 0 Å². The Kier molecular flexibility index (Phi) is 2.44. The first kappa shape index (κ1) is 10.1. The third kappa shape index (κ3) is 1.84. The molecule has 5 nitrogen and oxygen atoms in total. The van der Waals surface area contributed by atoms with Crippen LogP contribution >= 0.6 is 0 Å². The molecule has 0 unspecified atom stereocenters. The van der Waals surface area contributed by atoms with Gasteiger partial charge >= 0.3 is 0 Å². The second kappa shape index (κ2) is 4.08. The number of carbonyl (C=O) groups is 1. The van der Waals surface area contributed by atoms with Crippen LogP contribution in [0.4, 0.5) is 0 Å². The number of hydrogen-bond acceptors (Lipinski definition) is 4. The number of rotatable bonds is 3. The molecule has 0 N–H and O–H groups in total. The maximum absolute atomic E-state index is 10.6. The summed E-state index contributed by atoms with van der Waals surface area (Å²) in [4.78, 5) is 19.4. The molecule has 2 heterocycles. The highest BCUT2D eigenvalue weighted by atomic mass is 16.1. The normalized spacial score (nSPS) is 15.5. The summed E-state index contributed by atoms with van der Waals surface area (Å²) >= 11 is 0. The molecule has 2 aromatic heterocycles. The molecule has 0 aromatic carbocycles. The zero-order chi connectivity index (χ0) is 11.7. The lowest BCUT2D eigenvalue weighted by Crippen LogP contribution is -2.13. The van der Waals surface area contributed by atoms with Crippen LogP contribution in [0.1, 0.15) is 41.4 Å². The van der Waals surface area contributed by atoms with Crippen LogP contribution < -0.4 is 0 Å². The molecule has 1 aliphatic carbocycles. The predicted octanol–water partition coefficient (Wildman–Crippen LogP) is 1.74. The topological polar surface area (TPSA) is 60.7 Å². The molecule has 1 fully saturated rings. The largest absolute Gasteiger partial charge is 0.298 e. The minimum absolute atomic E-state index is 0.496. The van der Waals surface area contributed by atoms with Gasteiger partial charge in [-0.2, -0.15) is 5.10 Å². The van der Waals surface area contributed by atoms with E-state index in [-0.39, 0.29) is 0 Å². The minimum Gasteiger partial charge on any atom is -0.298 e. The lowest BCUT2D eigenvalue weighted by molar-refractivity contribution is 0.112. The summed E-state index contributed by atoms with van der Waals surface area (Å²) in [5.74, 6) is 2.10. The number of aldehydes is 1. The van der Waals surface area contributed by atoms with Gasteiger partial charge in [0.05, 0.1) is 11.8 Å². The third-order valence-corrected chi connectivity index (χ3v) is 3.10. The monoisotopic (exact) mass is 228 g/mol. The molecular weight excluding hydrogens is 216 g/mol. The van der Waals surface area contributed by atoms with E-state index in [0.717, 1.165) is 17.9 Å². The molecule has 3 rings (SSSR count). The SMILES string of the molecule is O=Cc1cnn(-c2ccnc(C3CCC3)n2)c1. The van der Waals surface area contributed by atoms with E-state index >= 15 is 0 Å². The summed E-state index contributed by atoms with van der Waals surface area (Å²) < 4.78 is 1.60. The summed E-state index contributed by atoms with van der Waals surface area (Å²) in [6.07, 6.45) is 9.31. The zero-order valence-corrected chi connectivity index (χ0v) is 9.28. The van der Waals surface area contributed by atoms with Crippen LogP contribution in [0.3, 0.4) is 0 Å². The van der Waals surface area contributed by atoms with E-state index in [1.807, 2.05) is 0 Å². The average Bonchev–Trinajstić information content (AvgIpc) is 2.75. The molecule has 1 aliphatic rings. The molecule has 86 valence electrons. The van der Waals surface area contributed by atoms with Gasteiger partial charge in [-0.25, -0.2) is 14.6 Å². The Morgan fingerprint density at radius 1 is 1.41 bits per heavy atom. The fourth-order valence-corrected chi connectivity index (χ4v) is 1.88. The van der Waals surface area contributed by atoms with E-state index in [1.54, 1.807) is 23.1 Å². The molecule has 0 saturated heterocycles. The zero-order valence-electron chi connectivity index (χ0n) is 9.28. The van der Waals surface area contributed by atoms with Crippen LogP contribution in [0.2, 0.25) is 0 Å². The summed E-state index contributed by atoms with van der Waals surface area (Å²) in [5.41, 5.74) is 0.550. The second-order valence-corrected chi connectivity index (χ2v) is 4.24. The average molecular weight is 228 g/mol. The van der Waals surface area contributed by atoms with Gasteiger partial charge < -0.3 is 0 Å². The van der Waals surface area contributed by atoms with Crippen LogP contribution in [0.15, 0.2) is 24.7 Å². The molecule has 0 radical (unpaired) electrons. The van der Waals surface area contributed by atoms with Crippen molar-refractivity contribution in [3.63, 3.8) is 0 Å². The first-order valence-corrected chi connectivity index (χ1v) is 5.70. The van der Waals surface area contributed by atoms with E-state index in [1.165, 1.54) is 25.5 Å². The Morgan fingerprint density at radius 2 is 2.29 bits per heavy atom. The van der Waals surface area contributed by atoms with Crippen LogP contribution in [0, 0.1) is 0 Å². The molecule has 0 atom stereocenters. The Balaban J connectivity index is 1.93. The molecule has 0 aliphatic heterocycles. The molecular formula is C12H12N4O. The quantitative estimate of drug-likeness (QED) is 0.751. The van der Waals surface area contributed by atoms with Gasteiger partial charge in [-0.15, -0.1) is 0 Å². The van der Waals surface area contributed by atoms with Gasteiger partial charge in [0.15, 0.2) is 12.1 Å². The summed E-state index contributed by atoms with van der Waals surface area (Å²) in [5, 5.41) is 4.10. The van der Waals surface area contributed by atoms with Crippen LogP contribution in [-0.4, -0.2) is 26.0 Å². The third-order valence-electron chi connectivity index (χ3n) is 3.10. The van der Waals surface area contributed by atoms with Crippen molar-refractivity contribution in [1.82, 2.24) is 19.7 Å². The van der Waals surface area contributed by atoms with Gasteiger partial charge in [-0.05, 0) is 12.8 Å². The Bertz CT molecular complexity index is 545. The van der Waals surface area contributed by atoms with E-state index in [4.69, 9.17) is 0 Å². The molecule has 0 spiro atoms. The van der Waals surface area contributed by atoms with Crippen LogP contribution in [0.5, 0.6) is 0 Å². The van der Waals surface area contributed by atoms with Crippen molar-refractivity contribution in [3.8, 4) is 5.82 Å². The maximum atomic E-state index is 10.6. The Labute approximate surface area is 98.5 Å². The Hall–Kier alpha value is -2.04. The molecule has 17 heavy (non-hydrogen) atoms. The lowest BCUT2D eigenvalue weighted by Gasteiger charge is -2.23. The van der Waals surface area contributed by atoms with Gasteiger partial charge in [-0.3, -0.25) is 4.79 Å². The fraction of sp³-hybridized carbons (Fsp3) is 0.333. The number of hydrogen-bond donors (Lipinski definition) is 0. The van der Waals surface area contributed by atoms with Crippen molar-refractivity contribution in [1.29, 1.82) is 0 Å². The fourth-order valence-electron chi connectivity index (χ4n) is 1.88. The highest BCUT2D eigenvalue weighted by Crippen LogP contribution is 2.34. The van der Waals surface area contributed by atoms with Crippen molar-refractivity contribution < 1.29 is 4.79 Å². The smallest absolute Gasteiger partial charge is 0.157 e. The molecule has 5 heteroatoms. The summed E-state index contributed by atoms with van der Waals surface area (Å²) in [6, 6.07) is 1.80. The van der Waals surface area contributed by atoms with Crippen molar-refractivity contribution in [2.24, 2.45) is 0 Å². The van der Waals surface area contributed by atoms with Gasteiger partial charge in [0, 0.05) is 24.4 Å². The number of aromatic nitrogens is 4. The number of nitrogens with zero attached hydrogens (tertiary/aromatic N) is 4. The van der Waals surface area contributed by atoms with E-state index < -0.39 is 0 Å². The van der Waals surface area contributed by atoms with E-state index in [0.29, 0.717) is 11.5 Å². The highest BCUT2D eigenvalue weighted by molar-refractivity contribution is 5.73. The Morgan fingerprint density at radius 3 is 2.94 bits per heavy atom. The highest BCUT2D eigenvalue weighted by Gasteiger charge is 2.22. The van der Waals surface area contributed by atoms with Crippen molar-refractivity contribution >= 4 is 6.29 Å². The predicted molar refractivity (Wildman–Crippen MR) is 61.1 cm³/mol. The molecule has 0 amide bonds. The first-order valence-electron chi connectivity index (χ1n) is 5.70. The van der Waals surface area contributed by atoms with Gasteiger partial charge in [0.1, 0.15) is 5.82 Å². The van der Waals surface area contributed by atoms with Crippen molar-refractivity contribution in [2.45, 2.75) is 25.2 Å². The summed E-state index contributed by atoms with van der Waals surface area (Å²) in [6.45, 7) is 0. The standard InChI is InChI=1S/C12H12N4O/c17-8-9-6-14-16(7-9)11-4-5-13-12(15-11)10-2-1-3-10/h4-8,10H,1-3H2. The minimum atomic E-state index is 0.496. The van der Waals surface area contributed by atoms with E-state index in [2.05, 4.69) is 15.1 Å². The first-order chi connectivity index (χ1) is 8.36. The second-order valence-electron chi connectivity index (χ2n) is 4.24. The van der Waals surface area contributed by atoms with E-state index in [9.17, 15) is 4.79 Å². The van der Waals surface area contributed by atoms with Gasteiger partial charge in [0.2, 0.25) is 0 Å². The number of carbonyl (C=O) groups excluding carboxylic acids is 1. The van der Waals surface area contributed by atoms with Crippen LogP contribution in [-0.2, 0) is 0 Å². The van der Waals surface area contributed by atoms with Gasteiger partial charge in [-0.1, -0.05) is 6.42 Å². The maximum Gasteiger partial charge on any atom is 0.157 e. The molecule has 0 bridgehead atoms.